The summed E-state index contributed by atoms with van der Waals surface area (Å²) in [5.41, 5.74) is 0.982. The lowest BCUT2D eigenvalue weighted by Gasteiger charge is -2.25. The van der Waals surface area contributed by atoms with Crippen LogP contribution in [0.25, 0.3) is 0 Å². The fourth-order valence-corrected chi connectivity index (χ4v) is 5.73. The molecule has 208 valence electrons. The van der Waals surface area contributed by atoms with Crippen molar-refractivity contribution in [3.63, 3.8) is 0 Å². The fourth-order valence-electron chi connectivity index (χ4n) is 3.80. The first-order chi connectivity index (χ1) is 18.9. The normalized spacial score (nSPS) is 11.7. The maximum atomic E-state index is 13.6. The molecule has 1 N–H and O–H groups in total. The number of sulfonamides is 1. The second-order valence-corrected chi connectivity index (χ2v) is 11.4. The molecule has 1 heterocycles. The largest absolute Gasteiger partial charge is 0.433 e. The number of benzene rings is 3. The van der Waals surface area contributed by atoms with Crippen LogP contribution in [0.1, 0.15) is 32.7 Å². The number of pyridine rings is 1. The van der Waals surface area contributed by atoms with Gasteiger partial charge in [0, 0.05) is 18.3 Å². The van der Waals surface area contributed by atoms with E-state index >= 15 is 0 Å². The van der Waals surface area contributed by atoms with Gasteiger partial charge in [0.25, 0.3) is 5.91 Å². The van der Waals surface area contributed by atoms with Gasteiger partial charge in [0.2, 0.25) is 10.0 Å². The summed E-state index contributed by atoms with van der Waals surface area (Å²) >= 11 is 12.5. The van der Waals surface area contributed by atoms with Gasteiger partial charge in [0.1, 0.15) is 5.69 Å². The Bertz CT molecular complexity index is 1580. The van der Waals surface area contributed by atoms with Gasteiger partial charge in [-0.1, -0.05) is 71.7 Å². The highest BCUT2D eigenvalue weighted by molar-refractivity contribution is 7.92. The lowest BCUT2D eigenvalue weighted by Crippen LogP contribution is -2.32. The third-order valence-electron chi connectivity index (χ3n) is 5.86. The third kappa shape index (κ3) is 7.32. The number of carbonyl (C=O) groups excluding carboxylic acids is 1. The molecule has 6 nitrogen and oxygen atoms in total. The van der Waals surface area contributed by atoms with Crippen molar-refractivity contribution in [1.82, 2.24) is 10.3 Å². The molecule has 1 aromatic heterocycles. The predicted molar refractivity (Wildman–Crippen MR) is 149 cm³/mol. The Morgan fingerprint density at radius 1 is 0.875 bits per heavy atom. The summed E-state index contributed by atoms with van der Waals surface area (Å²) in [6.45, 7) is -0.141. The second kappa shape index (κ2) is 12.3. The summed E-state index contributed by atoms with van der Waals surface area (Å²) in [5, 5.41) is 3.14. The molecule has 0 saturated heterocycles. The van der Waals surface area contributed by atoms with Gasteiger partial charge in [-0.3, -0.25) is 14.1 Å². The molecule has 4 rings (SSSR count). The molecule has 0 aliphatic rings. The number of amides is 1. The number of carbonyl (C=O) groups is 1. The van der Waals surface area contributed by atoms with Crippen molar-refractivity contribution in [2.75, 3.05) is 4.31 Å². The average Bonchev–Trinajstić information content (AvgIpc) is 2.92. The van der Waals surface area contributed by atoms with Crippen molar-refractivity contribution < 1.29 is 26.4 Å². The molecule has 4 aromatic rings. The van der Waals surface area contributed by atoms with Crippen LogP contribution < -0.4 is 9.62 Å². The molecule has 0 fully saturated rings. The van der Waals surface area contributed by atoms with Crippen molar-refractivity contribution in [2.45, 2.75) is 25.0 Å². The lowest BCUT2D eigenvalue weighted by molar-refractivity contribution is -0.141. The average molecular weight is 608 g/mol. The summed E-state index contributed by atoms with van der Waals surface area (Å²) in [5.74, 6) is -0.766. The van der Waals surface area contributed by atoms with Crippen molar-refractivity contribution in [3.8, 4) is 0 Å². The molecule has 0 radical (unpaired) electrons. The monoisotopic (exact) mass is 607 g/mol. The van der Waals surface area contributed by atoms with Crippen molar-refractivity contribution in [3.05, 3.63) is 129 Å². The summed E-state index contributed by atoms with van der Waals surface area (Å²) < 4.78 is 66.4. The molecule has 0 spiro atoms. The predicted octanol–water partition coefficient (Wildman–Crippen LogP) is 6.87. The number of halogens is 5. The summed E-state index contributed by atoms with van der Waals surface area (Å²) in [7, 11) is -3.91. The first-order valence-electron chi connectivity index (χ1n) is 11.8. The van der Waals surface area contributed by atoms with Crippen LogP contribution in [-0.2, 0) is 35.0 Å². The molecule has 40 heavy (non-hydrogen) atoms. The molecule has 12 heteroatoms. The molecule has 0 saturated carbocycles. The number of aromatic nitrogens is 1. The molecule has 0 atom stereocenters. The van der Waals surface area contributed by atoms with Crippen LogP contribution >= 0.6 is 23.2 Å². The highest BCUT2D eigenvalue weighted by Gasteiger charge is 2.32. The SMILES string of the molecule is O=C(NCc1ccc(C(F)(F)F)nc1)c1ccc(N(Cc2cccc(Cl)c2Cl)S(=O)(=O)Cc2ccccc2)cc1. The maximum absolute atomic E-state index is 13.6. The van der Waals surface area contributed by atoms with Gasteiger partial charge in [0.05, 0.1) is 28.0 Å². The minimum absolute atomic E-state index is 0.0451. The number of hydrogen-bond acceptors (Lipinski definition) is 4. The number of hydrogen-bond donors (Lipinski definition) is 1. The van der Waals surface area contributed by atoms with E-state index in [2.05, 4.69) is 10.3 Å². The van der Waals surface area contributed by atoms with E-state index in [1.165, 1.54) is 34.6 Å². The Balaban J connectivity index is 1.54. The van der Waals surface area contributed by atoms with Gasteiger partial charge in [-0.05, 0) is 53.1 Å². The van der Waals surface area contributed by atoms with Crippen molar-refractivity contribution >= 4 is 44.8 Å². The van der Waals surface area contributed by atoms with Gasteiger partial charge in [-0.25, -0.2) is 8.42 Å². The van der Waals surface area contributed by atoms with Crippen LogP contribution in [0.15, 0.2) is 91.1 Å². The molecule has 0 unspecified atom stereocenters. The summed E-state index contributed by atoms with van der Waals surface area (Å²) in [6.07, 6.45) is -3.51. The number of rotatable bonds is 9. The maximum Gasteiger partial charge on any atom is 0.433 e. The zero-order valence-electron chi connectivity index (χ0n) is 20.7. The van der Waals surface area contributed by atoms with Gasteiger partial charge < -0.3 is 5.32 Å². The number of anilines is 1. The molecule has 0 aliphatic heterocycles. The van der Waals surface area contributed by atoms with Gasteiger partial charge >= 0.3 is 6.18 Å². The Morgan fingerprint density at radius 3 is 2.20 bits per heavy atom. The fraction of sp³-hybridized carbons (Fsp3) is 0.143. The van der Waals surface area contributed by atoms with Crippen molar-refractivity contribution in [2.24, 2.45) is 0 Å². The second-order valence-electron chi connectivity index (χ2n) is 8.74. The Morgan fingerprint density at radius 2 is 1.57 bits per heavy atom. The van der Waals surface area contributed by atoms with E-state index in [4.69, 9.17) is 23.2 Å². The van der Waals surface area contributed by atoms with Crippen LogP contribution in [0.4, 0.5) is 18.9 Å². The van der Waals surface area contributed by atoms with Crippen LogP contribution in [0.2, 0.25) is 10.0 Å². The van der Waals surface area contributed by atoms with Crippen LogP contribution in [0.5, 0.6) is 0 Å². The molecule has 0 aliphatic carbocycles. The van der Waals surface area contributed by atoms with Crippen LogP contribution in [0.3, 0.4) is 0 Å². The molecular weight excluding hydrogens is 586 g/mol. The van der Waals surface area contributed by atoms with Crippen LogP contribution in [-0.4, -0.2) is 19.3 Å². The zero-order chi connectivity index (χ0) is 28.9. The highest BCUT2D eigenvalue weighted by Crippen LogP contribution is 2.31. The van der Waals surface area contributed by atoms with E-state index in [9.17, 15) is 26.4 Å². The lowest BCUT2D eigenvalue weighted by atomic mass is 10.1. The van der Waals surface area contributed by atoms with Crippen molar-refractivity contribution in [1.29, 1.82) is 0 Å². The smallest absolute Gasteiger partial charge is 0.348 e. The Hall–Kier alpha value is -3.60. The molecular formula is C28H22Cl2F3N3O3S. The van der Waals surface area contributed by atoms with E-state index in [0.717, 1.165) is 12.3 Å². The summed E-state index contributed by atoms with van der Waals surface area (Å²) in [4.78, 5) is 16.0. The van der Waals surface area contributed by atoms with E-state index in [-0.39, 0.29) is 34.5 Å². The molecule has 3 aromatic carbocycles. The topological polar surface area (TPSA) is 79.4 Å². The van der Waals surface area contributed by atoms with E-state index in [1.54, 1.807) is 48.5 Å². The highest BCUT2D eigenvalue weighted by atomic mass is 35.5. The number of nitrogens with one attached hydrogen (secondary N) is 1. The standard InChI is InChI=1S/C28H22Cl2F3N3O3S/c29-24-8-4-7-22(26(24)30)17-36(40(38,39)18-19-5-2-1-3-6-19)23-12-10-21(11-13-23)27(37)35-16-20-9-14-25(34-15-20)28(31,32)33/h1-15H,16-18H2,(H,35,37). The van der Waals surface area contributed by atoms with Crippen LogP contribution in [0, 0.1) is 0 Å². The quantitative estimate of drug-likeness (QED) is 0.225. The van der Waals surface area contributed by atoms with Gasteiger partial charge in [-0.2, -0.15) is 13.2 Å². The Labute approximate surface area is 239 Å². The summed E-state index contributed by atoms with van der Waals surface area (Å²) in [6, 6.07) is 21.6. The third-order valence-corrected chi connectivity index (χ3v) is 8.43. The molecule has 0 bridgehead atoms. The van der Waals surface area contributed by atoms with Gasteiger partial charge in [0.15, 0.2) is 0 Å². The van der Waals surface area contributed by atoms with Gasteiger partial charge in [-0.15, -0.1) is 0 Å². The first-order valence-corrected chi connectivity index (χ1v) is 14.2. The molecule has 1 amide bonds. The zero-order valence-corrected chi connectivity index (χ0v) is 23.0. The van der Waals surface area contributed by atoms with E-state index in [1.807, 2.05) is 0 Å². The minimum atomic E-state index is -4.55. The Kier molecular flexibility index (Phi) is 9.02. The number of nitrogens with zero attached hydrogens (tertiary/aromatic N) is 2. The van der Waals surface area contributed by atoms with E-state index < -0.39 is 27.8 Å². The first kappa shape index (κ1) is 29.4. The minimum Gasteiger partial charge on any atom is -0.348 e. The van der Waals surface area contributed by atoms with E-state index in [0.29, 0.717) is 22.4 Å². The number of alkyl halides is 3.